The average molecular weight is 410 g/mol. The number of nitrogens with zero attached hydrogens (tertiary/aromatic N) is 2. The van der Waals surface area contributed by atoms with E-state index >= 15 is 0 Å². The quantitative estimate of drug-likeness (QED) is 0.835. The summed E-state index contributed by atoms with van der Waals surface area (Å²) < 4.78 is 0. The second kappa shape index (κ2) is 7.58. The van der Waals surface area contributed by atoms with Gasteiger partial charge in [0.25, 0.3) is 5.91 Å². The molecule has 0 spiro atoms. The van der Waals surface area contributed by atoms with E-state index in [-0.39, 0.29) is 17.4 Å². The predicted molar refractivity (Wildman–Crippen MR) is 108 cm³/mol. The molecule has 0 saturated carbocycles. The summed E-state index contributed by atoms with van der Waals surface area (Å²) in [5.74, 6) is 0.816. The average Bonchev–Trinajstić information content (AvgIpc) is 3.23. The van der Waals surface area contributed by atoms with E-state index in [1.807, 2.05) is 39.0 Å². The molecule has 2 aromatic rings. The normalized spacial score (nSPS) is 17.4. The van der Waals surface area contributed by atoms with Crippen molar-refractivity contribution in [2.45, 2.75) is 32.4 Å². The molecule has 1 N–H and O–H groups in total. The van der Waals surface area contributed by atoms with Gasteiger partial charge < -0.3 is 10.2 Å². The van der Waals surface area contributed by atoms with Crippen LogP contribution in [0.25, 0.3) is 10.6 Å². The summed E-state index contributed by atoms with van der Waals surface area (Å²) in [7, 11) is 0. The van der Waals surface area contributed by atoms with Gasteiger partial charge in [-0.15, -0.1) is 23.1 Å². The maximum atomic E-state index is 12.9. The Balaban J connectivity index is 1.79. The Morgan fingerprint density at radius 3 is 2.73 bits per heavy atom. The highest BCUT2D eigenvalue weighted by Gasteiger charge is 2.37. The first kappa shape index (κ1) is 19.2. The van der Waals surface area contributed by atoms with Gasteiger partial charge in [-0.05, 0) is 26.8 Å². The van der Waals surface area contributed by atoms with Crippen LogP contribution in [0.2, 0.25) is 5.02 Å². The van der Waals surface area contributed by atoms with Crippen LogP contribution < -0.4 is 5.32 Å². The fraction of sp³-hybridized carbons (Fsp3) is 0.389. The number of amides is 2. The third-order valence-corrected chi connectivity index (χ3v) is 6.13. The van der Waals surface area contributed by atoms with Gasteiger partial charge in [-0.25, -0.2) is 4.98 Å². The van der Waals surface area contributed by atoms with Crippen LogP contribution in [0.4, 0.5) is 0 Å². The summed E-state index contributed by atoms with van der Waals surface area (Å²) in [5, 5.41) is 4.25. The van der Waals surface area contributed by atoms with Crippen molar-refractivity contribution in [1.82, 2.24) is 15.2 Å². The maximum absolute atomic E-state index is 12.9. The Morgan fingerprint density at radius 2 is 2.04 bits per heavy atom. The van der Waals surface area contributed by atoms with Gasteiger partial charge in [0, 0.05) is 16.9 Å². The standard InChI is InChI=1S/C18H20ClN3O2S2/c1-18(2,3)21-15(23)13-9-25-10-22(13)17(24)14-8-20-16(26-14)11-6-4-5-7-12(11)19/h4-8,13H,9-10H2,1-3H3,(H,21,23). The van der Waals surface area contributed by atoms with Crippen LogP contribution in [0.3, 0.4) is 0 Å². The highest BCUT2D eigenvalue weighted by molar-refractivity contribution is 7.99. The van der Waals surface area contributed by atoms with Gasteiger partial charge in [0.05, 0.1) is 17.1 Å². The number of carbonyl (C=O) groups is 2. The topological polar surface area (TPSA) is 62.3 Å². The Labute approximate surface area is 166 Å². The van der Waals surface area contributed by atoms with Gasteiger partial charge in [0.1, 0.15) is 15.9 Å². The van der Waals surface area contributed by atoms with E-state index in [0.717, 1.165) is 5.56 Å². The molecule has 1 fully saturated rings. The minimum absolute atomic E-state index is 0.119. The lowest BCUT2D eigenvalue weighted by Crippen LogP contribution is -2.52. The Hall–Kier alpha value is -1.57. The Kier molecular flexibility index (Phi) is 5.60. The Bertz CT molecular complexity index is 832. The second-order valence-corrected chi connectivity index (χ2v) is 9.48. The molecule has 1 aliphatic heterocycles. The molecule has 1 aromatic carbocycles. The molecule has 26 heavy (non-hydrogen) atoms. The summed E-state index contributed by atoms with van der Waals surface area (Å²) in [5.41, 5.74) is 0.469. The highest BCUT2D eigenvalue weighted by atomic mass is 35.5. The number of aromatic nitrogens is 1. The van der Waals surface area contributed by atoms with Gasteiger partial charge >= 0.3 is 0 Å². The Morgan fingerprint density at radius 1 is 1.31 bits per heavy atom. The lowest BCUT2D eigenvalue weighted by molar-refractivity contribution is -0.125. The van der Waals surface area contributed by atoms with Crippen LogP contribution in [0.5, 0.6) is 0 Å². The number of thiazole rings is 1. The lowest BCUT2D eigenvalue weighted by atomic mass is 10.1. The highest BCUT2D eigenvalue weighted by Crippen LogP contribution is 2.32. The van der Waals surface area contributed by atoms with Crippen LogP contribution >= 0.6 is 34.7 Å². The number of hydrogen-bond donors (Lipinski definition) is 1. The molecule has 3 rings (SSSR count). The van der Waals surface area contributed by atoms with Gasteiger partial charge in [-0.2, -0.15) is 0 Å². The minimum Gasteiger partial charge on any atom is -0.350 e. The SMILES string of the molecule is CC(C)(C)NC(=O)C1CSCN1C(=O)c1cnc(-c2ccccc2Cl)s1. The third-order valence-electron chi connectivity index (χ3n) is 3.76. The van der Waals surface area contributed by atoms with Crippen LogP contribution in [0.15, 0.2) is 30.5 Å². The number of hydrogen-bond acceptors (Lipinski definition) is 5. The second-order valence-electron chi connectivity index (χ2n) is 7.04. The number of rotatable bonds is 3. The van der Waals surface area contributed by atoms with E-state index in [1.54, 1.807) is 28.9 Å². The minimum atomic E-state index is -0.461. The largest absolute Gasteiger partial charge is 0.350 e. The molecule has 1 aromatic heterocycles. The van der Waals surface area contributed by atoms with Crippen LogP contribution in [0.1, 0.15) is 30.4 Å². The van der Waals surface area contributed by atoms with Gasteiger partial charge in [0.2, 0.25) is 5.91 Å². The first-order valence-corrected chi connectivity index (χ1v) is 10.5. The number of nitrogens with one attached hydrogen (secondary N) is 1. The van der Waals surface area contributed by atoms with Crippen molar-refractivity contribution >= 4 is 46.5 Å². The molecule has 1 aliphatic rings. The van der Waals surface area contributed by atoms with Crippen molar-refractivity contribution in [2.75, 3.05) is 11.6 Å². The summed E-state index contributed by atoms with van der Waals surface area (Å²) in [4.78, 5) is 31.9. The molecule has 0 radical (unpaired) electrons. The number of benzene rings is 1. The number of carbonyl (C=O) groups excluding carboxylic acids is 2. The van der Waals surface area contributed by atoms with Crippen LogP contribution in [-0.4, -0.2) is 44.9 Å². The zero-order chi connectivity index (χ0) is 18.9. The van der Waals surface area contributed by atoms with Crippen molar-refractivity contribution in [1.29, 1.82) is 0 Å². The molecule has 138 valence electrons. The number of halogens is 1. The van der Waals surface area contributed by atoms with E-state index in [0.29, 0.717) is 26.5 Å². The molecule has 2 heterocycles. The molecule has 0 bridgehead atoms. The zero-order valence-corrected chi connectivity index (χ0v) is 17.2. The molecular weight excluding hydrogens is 390 g/mol. The molecule has 1 saturated heterocycles. The summed E-state index contributed by atoms with van der Waals surface area (Å²) in [6.07, 6.45) is 1.56. The van der Waals surface area contributed by atoms with Gasteiger partial charge in [-0.3, -0.25) is 9.59 Å². The summed E-state index contributed by atoms with van der Waals surface area (Å²) >= 11 is 9.09. The molecular formula is C18H20ClN3O2S2. The van der Waals surface area contributed by atoms with E-state index in [4.69, 9.17) is 11.6 Å². The molecule has 5 nitrogen and oxygen atoms in total. The lowest BCUT2D eigenvalue weighted by Gasteiger charge is -2.27. The smallest absolute Gasteiger partial charge is 0.266 e. The fourth-order valence-corrected chi connectivity index (χ4v) is 4.93. The monoisotopic (exact) mass is 409 g/mol. The van der Waals surface area contributed by atoms with Gasteiger partial charge in [-0.1, -0.05) is 29.8 Å². The number of thioether (sulfide) groups is 1. The molecule has 2 amide bonds. The zero-order valence-electron chi connectivity index (χ0n) is 14.8. The van der Waals surface area contributed by atoms with Gasteiger partial charge in [0.15, 0.2) is 0 Å². The van der Waals surface area contributed by atoms with Crippen molar-refractivity contribution in [3.8, 4) is 10.6 Å². The van der Waals surface area contributed by atoms with Crippen LogP contribution in [0, 0.1) is 0 Å². The van der Waals surface area contributed by atoms with E-state index in [9.17, 15) is 9.59 Å². The van der Waals surface area contributed by atoms with Crippen LogP contribution in [-0.2, 0) is 4.79 Å². The van der Waals surface area contributed by atoms with Crippen molar-refractivity contribution in [3.05, 3.63) is 40.4 Å². The first-order chi connectivity index (χ1) is 12.3. The summed E-state index contributed by atoms with van der Waals surface area (Å²) in [6, 6.07) is 6.95. The first-order valence-electron chi connectivity index (χ1n) is 8.18. The van der Waals surface area contributed by atoms with Crippen molar-refractivity contribution in [2.24, 2.45) is 0 Å². The molecule has 8 heteroatoms. The summed E-state index contributed by atoms with van der Waals surface area (Å²) in [6.45, 7) is 5.79. The molecule has 1 unspecified atom stereocenters. The molecule has 1 atom stereocenters. The maximum Gasteiger partial charge on any atom is 0.266 e. The third kappa shape index (κ3) is 4.22. The van der Waals surface area contributed by atoms with E-state index in [2.05, 4.69) is 10.3 Å². The van der Waals surface area contributed by atoms with E-state index in [1.165, 1.54) is 11.3 Å². The fourth-order valence-electron chi connectivity index (χ4n) is 2.59. The predicted octanol–water partition coefficient (Wildman–Crippen LogP) is 3.89. The van der Waals surface area contributed by atoms with E-state index < -0.39 is 6.04 Å². The van der Waals surface area contributed by atoms with Crippen molar-refractivity contribution in [3.63, 3.8) is 0 Å². The van der Waals surface area contributed by atoms with Crippen molar-refractivity contribution < 1.29 is 9.59 Å². The molecule has 0 aliphatic carbocycles.